The highest BCUT2D eigenvalue weighted by atomic mass is 16.5. The van der Waals surface area contributed by atoms with Gasteiger partial charge in [0.1, 0.15) is 17.0 Å². The van der Waals surface area contributed by atoms with Crippen LogP contribution in [-0.2, 0) is 11.2 Å². The molecule has 10 heteroatoms. The fraction of sp³-hybridized carbons (Fsp3) is 0.273. The van der Waals surface area contributed by atoms with E-state index >= 15 is 0 Å². The molecular weight excluding hydrogens is 408 g/mol. The maximum Gasteiger partial charge on any atom is 0.229 e. The summed E-state index contributed by atoms with van der Waals surface area (Å²) in [5.74, 6) is 0.754. The van der Waals surface area contributed by atoms with Crippen LogP contribution >= 0.6 is 0 Å². The van der Waals surface area contributed by atoms with Crippen LogP contribution in [0.2, 0.25) is 0 Å². The molecule has 1 aromatic carbocycles. The van der Waals surface area contributed by atoms with Crippen molar-refractivity contribution in [1.82, 2.24) is 24.9 Å². The van der Waals surface area contributed by atoms with Crippen LogP contribution in [0.25, 0.3) is 22.4 Å². The number of aliphatic hydroxyl groups is 1. The first kappa shape index (κ1) is 20.2. The lowest BCUT2D eigenvalue weighted by molar-refractivity contribution is 0.122. The van der Waals surface area contributed by atoms with Gasteiger partial charge in [0.25, 0.3) is 0 Å². The molecule has 5 rings (SSSR count). The third-order valence-corrected chi connectivity index (χ3v) is 5.39. The SMILES string of the molecule is Nc1nc(CCO)ccc1-c1nc(Nc2ccc(N3CCOCC3)cc2)nc2nc[nH]c12. The van der Waals surface area contributed by atoms with Crippen molar-refractivity contribution in [3.05, 3.63) is 48.4 Å². The summed E-state index contributed by atoms with van der Waals surface area (Å²) in [5.41, 5.74) is 11.5. The Morgan fingerprint density at radius 3 is 2.62 bits per heavy atom. The third kappa shape index (κ3) is 4.05. The number of imidazole rings is 1. The lowest BCUT2D eigenvalue weighted by Crippen LogP contribution is -2.36. The number of anilines is 4. The maximum absolute atomic E-state index is 9.15. The summed E-state index contributed by atoms with van der Waals surface area (Å²) in [4.78, 5) is 23.3. The molecule has 164 valence electrons. The van der Waals surface area contributed by atoms with Gasteiger partial charge < -0.3 is 30.8 Å². The fourth-order valence-corrected chi connectivity index (χ4v) is 3.76. The largest absolute Gasteiger partial charge is 0.396 e. The zero-order valence-electron chi connectivity index (χ0n) is 17.5. The van der Waals surface area contributed by atoms with E-state index in [0.29, 0.717) is 40.6 Å². The molecule has 10 nitrogen and oxygen atoms in total. The van der Waals surface area contributed by atoms with Crippen molar-refractivity contribution in [3.8, 4) is 11.3 Å². The predicted molar refractivity (Wildman–Crippen MR) is 123 cm³/mol. The molecule has 0 radical (unpaired) electrons. The molecule has 0 unspecified atom stereocenters. The zero-order valence-corrected chi connectivity index (χ0v) is 17.5. The molecule has 3 aromatic heterocycles. The Bertz CT molecular complexity index is 1220. The maximum atomic E-state index is 9.15. The third-order valence-electron chi connectivity index (χ3n) is 5.39. The van der Waals surface area contributed by atoms with Gasteiger partial charge in [0.05, 0.1) is 19.5 Å². The number of morpholine rings is 1. The van der Waals surface area contributed by atoms with Crippen molar-refractivity contribution in [3.63, 3.8) is 0 Å². The fourth-order valence-electron chi connectivity index (χ4n) is 3.76. The van der Waals surface area contributed by atoms with Crippen LogP contribution in [0.15, 0.2) is 42.7 Å². The number of nitrogens with one attached hydrogen (secondary N) is 2. The Morgan fingerprint density at radius 1 is 1.06 bits per heavy atom. The van der Waals surface area contributed by atoms with Crippen molar-refractivity contribution >= 4 is 34.3 Å². The minimum atomic E-state index is 0.0164. The quantitative estimate of drug-likeness (QED) is 0.361. The van der Waals surface area contributed by atoms with Crippen LogP contribution in [0.3, 0.4) is 0 Å². The van der Waals surface area contributed by atoms with Crippen LogP contribution in [0.4, 0.5) is 23.1 Å². The molecule has 4 aromatic rings. The summed E-state index contributed by atoms with van der Waals surface area (Å²) in [6, 6.07) is 11.8. The molecular formula is C22H24N8O2. The second-order valence-corrected chi connectivity index (χ2v) is 7.48. The van der Waals surface area contributed by atoms with Gasteiger partial charge in [-0.25, -0.2) is 15.0 Å². The van der Waals surface area contributed by atoms with Gasteiger partial charge in [-0.3, -0.25) is 0 Å². The van der Waals surface area contributed by atoms with Gasteiger partial charge in [-0.2, -0.15) is 4.98 Å². The normalized spacial score (nSPS) is 14.1. The molecule has 0 saturated carbocycles. The molecule has 0 atom stereocenters. The van der Waals surface area contributed by atoms with Gasteiger partial charge in [0.15, 0.2) is 5.65 Å². The molecule has 1 aliphatic rings. The summed E-state index contributed by atoms with van der Waals surface area (Å²) in [7, 11) is 0. The Kier molecular flexibility index (Phi) is 5.53. The van der Waals surface area contributed by atoms with Gasteiger partial charge in [-0.15, -0.1) is 0 Å². The number of nitrogens with two attached hydrogens (primary N) is 1. The van der Waals surface area contributed by atoms with Crippen LogP contribution in [0, 0.1) is 0 Å². The number of nitrogens with zero attached hydrogens (tertiary/aromatic N) is 5. The minimum Gasteiger partial charge on any atom is -0.396 e. The number of benzene rings is 1. The molecule has 5 N–H and O–H groups in total. The monoisotopic (exact) mass is 432 g/mol. The lowest BCUT2D eigenvalue weighted by atomic mass is 10.1. The first-order valence-corrected chi connectivity index (χ1v) is 10.5. The van der Waals surface area contributed by atoms with Crippen molar-refractivity contribution in [2.45, 2.75) is 6.42 Å². The number of hydrogen-bond donors (Lipinski definition) is 4. The molecule has 1 fully saturated rings. The number of H-pyrrole nitrogens is 1. The number of hydrogen-bond acceptors (Lipinski definition) is 9. The van der Waals surface area contributed by atoms with E-state index in [1.165, 1.54) is 0 Å². The molecule has 32 heavy (non-hydrogen) atoms. The van der Waals surface area contributed by atoms with Crippen LogP contribution in [0.1, 0.15) is 5.69 Å². The number of nitrogen functional groups attached to an aromatic ring is 1. The van der Waals surface area contributed by atoms with E-state index in [1.807, 2.05) is 24.3 Å². The van der Waals surface area contributed by atoms with Gasteiger partial charge >= 0.3 is 0 Å². The highest BCUT2D eigenvalue weighted by molar-refractivity contribution is 5.91. The molecule has 0 bridgehead atoms. The summed E-state index contributed by atoms with van der Waals surface area (Å²) in [6.45, 7) is 3.30. The smallest absolute Gasteiger partial charge is 0.229 e. The van der Waals surface area contributed by atoms with Crippen molar-refractivity contribution < 1.29 is 9.84 Å². The summed E-state index contributed by atoms with van der Waals surface area (Å²) in [5, 5.41) is 12.4. The topological polar surface area (TPSA) is 138 Å². The molecule has 4 heterocycles. The number of pyridine rings is 1. The number of rotatable bonds is 6. The van der Waals surface area contributed by atoms with Crippen molar-refractivity contribution in [2.75, 3.05) is 48.9 Å². The Balaban J connectivity index is 1.44. The summed E-state index contributed by atoms with van der Waals surface area (Å²) >= 11 is 0. The minimum absolute atomic E-state index is 0.0164. The average molecular weight is 432 g/mol. The van der Waals surface area contributed by atoms with E-state index in [2.05, 4.69) is 42.3 Å². The Morgan fingerprint density at radius 2 is 1.88 bits per heavy atom. The van der Waals surface area contributed by atoms with Gasteiger partial charge in [-0.05, 0) is 36.4 Å². The van der Waals surface area contributed by atoms with E-state index in [4.69, 9.17) is 20.6 Å². The van der Waals surface area contributed by atoms with Crippen molar-refractivity contribution in [1.29, 1.82) is 0 Å². The second-order valence-electron chi connectivity index (χ2n) is 7.48. The standard InChI is InChI=1S/C22H24N8O2/c23-20-17(6-3-15(26-20)7-10-31)18-19-21(25-13-24-19)29-22(28-18)27-14-1-4-16(5-2-14)30-8-11-32-12-9-30/h1-6,13,31H,7-12H2,(H2,23,26)(H2,24,25,27,28,29). The summed E-state index contributed by atoms with van der Waals surface area (Å²) < 4.78 is 5.42. The number of aliphatic hydroxyl groups excluding tert-OH is 1. The second kappa shape index (κ2) is 8.77. The molecule has 0 aliphatic carbocycles. The number of fused-ring (bicyclic) bond motifs is 1. The Labute approximate surface area is 184 Å². The Hall–Kier alpha value is -3.76. The molecule has 1 aliphatic heterocycles. The average Bonchev–Trinajstić information content (AvgIpc) is 3.29. The van der Waals surface area contributed by atoms with Gasteiger partial charge in [0, 0.05) is 48.7 Å². The van der Waals surface area contributed by atoms with Crippen molar-refractivity contribution in [2.24, 2.45) is 0 Å². The molecule has 0 amide bonds. The first-order chi connectivity index (χ1) is 15.7. The van der Waals surface area contributed by atoms with Crippen LogP contribution in [-0.4, -0.2) is 62.9 Å². The van der Waals surface area contributed by atoms with E-state index in [0.717, 1.165) is 43.4 Å². The summed E-state index contributed by atoms with van der Waals surface area (Å²) in [6.07, 6.45) is 2.02. The van der Waals surface area contributed by atoms with E-state index in [9.17, 15) is 0 Å². The van der Waals surface area contributed by atoms with E-state index < -0.39 is 0 Å². The number of aromatic nitrogens is 5. The van der Waals surface area contributed by atoms with Gasteiger partial charge in [-0.1, -0.05) is 0 Å². The highest BCUT2D eigenvalue weighted by Gasteiger charge is 2.16. The highest BCUT2D eigenvalue weighted by Crippen LogP contribution is 2.30. The van der Waals surface area contributed by atoms with Crippen LogP contribution in [0.5, 0.6) is 0 Å². The zero-order chi connectivity index (χ0) is 21.9. The first-order valence-electron chi connectivity index (χ1n) is 10.5. The molecule has 0 spiro atoms. The van der Waals surface area contributed by atoms with Crippen LogP contribution < -0.4 is 16.0 Å². The van der Waals surface area contributed by atoms with E-state index in [-0.39, 0.29) is 6.61 Å². The van der Waals surface area contributed by atoms with Gasteiger partial charge in [0.2, 0.25) is 5.95 Å². The number of aromatic amines is 1. The number of ether oxygens (including phenoxy) is 1. The van der Waals surface area contributed by atoms with E-state index in [1.54, 1.807) is 6.33 Å². The molecule has 1 saturated heterocycles. The lowest BCUT2D eigenvalue weighted by Gasteiger charge is -2.28. The predicted octanol–water partition coefficient (Wildman–Crippen LogP) is 2.11.